The van der Waals surface area contributed by atoms with Crippen molar-refractivity contribution in [3.8, 4) is 0 Å². The molecule has 0 atom stereocenters. The molecule has 0 spiro atoms. The molecular weight excluding hydrogens is 300 g/mol. The summed E-state index contributed by atoms with van der Waals surface area (Å²) in [6, 6.07) is 17.4. The van der Waals surface area contributed by atoms with Crippen LogP contribution < -0.4 is 10.6 Å². The topological polar surface area (TPSA) is 58.2 Å². The number of nitrogens with one attached hydrogen (secondary N) is 2. The molecule has 0 unspecified atom stereocenters. The molecule has 2 amide bonds. The first-order valence-electron chi connectivity index (χ1n) is 7.85. The van der Waals surface area contributed by atoms with Gasteiger partial charge >= 0.3 is 0 Å². The molecule has 0 saturated heterocycles. The highest BCUT2D eigenvalue weighted by Gasteiger charge is 2.25. The molecule has 118 valence electrons. The Morgan fingerprint density at radius 2 is 1.62 bits per heavy atom. The Kier molecular flexibility index (Phi) is 3.31. The molecule has 0 fully saturated rings. The third kappa shape index (κ3) is 2.24. The molecular formula is C20H16N2O2. The van der Waals surface area contributed by atoms with E-state index >= 15 is 0 Å². The highest BCUT2D eigenvalue weighted by Crippen LogP contribution is 2.32. The zero-order valence-electron chi connectivity index (χ0n) is 13.2. The number of amides is 2. The minimum Gasteiger partial charge on any atom is -0.380 e. The Bertz CT molecular complexity index is 972. The summed E-state index contributed by atoms with van der Waals surface area (Å²) in [4.78, 5) is 24.1. The molecule has 0 aromatic heterocycles. The quantitative estimate of drug-likeness (QED) is 0.725. The molecule has 2 N–H and O–H groups in total. The number of hydrogen-bond donors (Lipinski definition) is 2. The van der Waals surface area contributed by atoms with Crippen LogP contribution in [-0.4, -0.2) is 11.8 Å². The Labute approximate surface area is 139 Å². The van der Waals surface area contributed by atoms with Gasteiger partial charge in [-0.05, 0) is 36.2 Å². The van der Waals surface area contributed by atoms with Gasteiger partial charge in [-0.25, -0.2) is 0 Å². The second-order valence-corrected chi connectivity index (χ2v) is 5.95. The number of hydrogen-bond acceptors (Lipinski definition) is 3. The number of rotatable bonds is 3. The Hall–Kier alpha value is -3.14. The van der Waals surface area contributed by atoms with Gasteiger partial charge in [-0.2, -0.15) is 0 Å². The summed E-state index contributed by atoms with van der Waals surface area (Å²) < 4.78 is 0. The minimum atomic E-state index is -0.339. The Balaban J connectivity index is 1.79. The molecule has 4 rings (SSSR count). The molecule has 4 heteroatoms. The highest BCUT2D eigenvalue weighted by molar-refractivity contribution is 6.26. The first-order chi connectivity index (χ1) is 11.6. The van der Waals surface area contributed by atoms with E-state index in [1.807, 2.05) is 30.3 Å². The number of carbonyl (C=O) groups excluding carboxylic acids is 2. The summed E-state index contributed by atoms with van der Waals surface area (Å²) in [7, 11) is 0. The number of anilines is 1. The molecule has 0 radical (unpaired) electrons. The summed E-state index contributed by atoms with van der Waals surface area (Å²) in [5, 5.41) is 7.43. The first kappa shape index (κ1) is 14.5. The second-order valence-electron chi connectivity index (χ2n) is 5.95. The van der Waals surface area contributed by atoms with Crippen molar-refractivity contribution in [2.45, 2.75) is 13.5 Å². The van der Waals surface area contributed by atoms with Gasteiger partial charge in [0.2, 0.25) is 0 Å². The smallest absolute Gasteiger partial charge is 0.258 e. The number of aryl methyl sites for hydroxylation is 1. The zero-order valence-corrected chi connectivity index (χ0v) is 13.2. The fourth-order valence-electron chi connectivity index (χ4n) is 3.18. The van der Waals surface area contributed by atoms with Crippen LogP contribution >= 0.6 is 0 Å². The van der Waals surface area contributed by atoms with E-state index in [1.165, 1.54) is 11.1 Å². The van der Waals surface area contributed by atoms with Gasteiger partial charge in [0.15, 0.2) is 0 Å². The second kappa shape index (κ2) is 5.49. The van der Waals surface area contributed by atoms with Crippen LogP contribution in [0.1, 0.15) is 31.8 Å². The van der Waals surface area contributed by atoms with Crippen LogP contribution in [0.3, 0.4) is 0 Å². The van der Waals surface area contributed by atoms with E-state index in [0.29, 0.717) is 17.7 Å². The van der Waals surface area contributed by atoms with Crippen LogP contribution in [0.25, 0.3) is 10.8 Å². The zero-order chi connectivity index (χ0) is 16.7. The molecule has 1 aliphatic rings. The van der Waals surface area contributed by atoms with Gasteiger partial charge in [0.25, 0.3) is 11.8 Å². The maximum absolute atomic E-state index is 12.1. The Morgan fingerprint density at radius 3 is 2.42 bits per heavy atom. The van der Waals surface area contributed by atoms with E-state index in [0.717, 1.165) is 16.5 Å². The molecule has 0 saturated carbocycles. The van der Waals surface area contributed by atoms with Gasteiger partial charge in [-0.3, -0.25) is 14.9 Å². The molecule has 3 aromatic rings. The molecule has 0 aliphatic carbocycles. The van der Waals surface area contributed by atoms with Gasteiger partial charge in [-0.1, -0.05) is 36.4 Å². The van der Waals surface area contributed by atoms with Crippen molar-refractivity contribution in [3.63, 3.8) is 0 Å². The van der Waals surface area contributed by atoms with Gasteiger partial charge in [-0.15, -0.1) is 0 Å². The standard InChI is InChI=1S/C20H16N2O2/c1-12-5-2-3-6-13(12)11-21-17-10-9-16-18-14(17)7-4-8-15(18)19(23)22-20(16)24/h2-10,21H,11H2,1H3,(H,22,23,24). The molecule has 0 bridgehead atoms. The number of benzene rings is 3. The SMILES string of the molecule is Cc1ccccc1CNc1ccc2c3c(cccc13)C(=O)NC2=O. The highest BCUT2D eigenvalue weighted by atomic mass is 16.2. The van der Waals surface area contributed by atoms with Crippen LogP contribution in [0, 0.1) is 6.92 Å². The van der Waals surface area contributed by atoms with Crippen LogP contribution in [0.15, 0.2) is 54.6 Å². The van der Waals surface area contributed by atoms with Crippen LogP contribution in [0.4, 0.5) is 5.69 Å². The van der Waals surface area contributed by atoms with E-state index < -0.39 is 0 Å². The number of imide groups is 1. The van der Waals surface area contributed by atoms with Crippen LogP contribution in [0.5, 0.6) is 0 Å². The van der Waals surface area contributed by atoms with E-state index in [4.69, 9.17) is 0 Å². The van der Waals surface area contributed by atoms with Crippen molar-refractivity contribution in [2.24, 2.45) is 0 Å². The van der Waals surface area contributed by atoms with Crippen molar-refractivity contribution >= 4 is 28.3 Å². The van der Waals surface area contributed by atoms with E-state index in [1.54, 1.807) is 12.1 Å². The Morgan fingerprint density at radius 1 is 0.875 bits per heavy atom. The predicted molar refractivity (Wildman–Crippen MR) is 94.3 cm³/mol. The normalized spacial score (nSPS) is 13.0. The van der Waals surface area contributed by atoms with E-state index in [-0.39, 0.29) is 11.8 Å². The van der Waals surface area contributed by atoms with Crippen molar-refractivity contribution in [1.82, 2.24) is 5.32 Å². The lowest BCUT2D eigenvalue weighted by Gasteiger charge is -2.19. The largest absolute Gasteiger partial charge is 0.380 e. The first-order valence-corrected chi connectivity index (χ1v) is 7.85. The van der Waals surface area contributed by atoms with Crippen LogP contribution in [0.2, 0.25) is 0 Å². The van der Waals surface area contributed by atoms with Crippen molar-refractivity contribution in [3.05, 3.63) is 76.9 Å². The van der Waals surface area contributed by atoms with Crippen LogP contribution in [-0.2, 0) is 6.54 Å². The van der Waals surface area contributed by atoms with Crippen molar-refractivity contribution in [1.29, 1.82) is 0 Å². The maximum Gasteiger partial charge on any atom is 0.258 e. The summed E-state index contributed by atoms with van der Waals surface area (Å²) in [5.74, 6) is -0.677. The van der Waals surface area contributed by atoms with Gasteiger partial charge in [0.05, 0.1) is 0 Å². The maximum atomic E-state index is 12.1. The molecule has 24 heavy (non-hydrogen) atoms. The van der Waals surface area contributed by atoms with Crippen molar-refractivity contribution in [2.75, 3.05) is 5.32 Å². The minimum absolute atomic E-state index is 0.339. The summed E-state index contributed by atoms with van der Waals surface area (Å²) in [6.07, 6.45) is 0. The lowest BCUT2D eigenvalue weighted by Crippen LogP contribution is -2.34. The fourth-order valence-corrected chi connectivity index (χ4v) is 3.18. The average Bonchev–Trinajstić information content (AvgIpc) is 2.59. The third-order valence-corrected chi connectivity index (χ3v) is 4.49. The third-order valence-electron chi connectivity index (χ3n) is 4.49. The molecule has 1 heterocycles. The van der Waals surface area contributed by atoms with Gasteiger partial charge in [0.1, 0.15) is 0 Å². The van der Waals surface area contributed by atoms with Gasteiger partial charge < -0.3 is 5.32 Å². The summed E-state index contributed by atoms with van der Waals surface area (Å²) in [6.45, 7) is 2.77. The lowest BCUT2D eigenvalue weighted by atomic mass is 9.94. The molecule has 4 nitrogen and oxygen atoms in total. The predicted octanol–water partition coefficient (Wildman–Crippen LogP) is 3.64. The fraction of sp³-hybridized carbons (Fsp3) is 0.100. The monoisotopic (exact) mass is 316 g/mol. The lowest BCUT2D eigenvalue weighted by molar-refractivity contribution is 0.0845. The molecule has 1 aliphatic heterocycles. The molecule has 3 aromatic carbocycles. The van der Waals surface area contributed by atoms with E-state index in [9.17, 15) is 9.59 Å². The van der Waals surface area contributed by atoms with Gasteiger partial charge in [0, 0.05) is 34.1 Å². The van der Waals surface area contributed by atoms with E-state index in [2.05, 4.69) is 29.7 Å². The summed E-state index contributed by atoms with van der Waals surface area (Å²) >= 11 is 0. The number of carbonyl (C=O) groups is 2. The summed E-state index contributed by atoms with van der Waals surface area (Å²) in [5.41, 5.74) is 4.44. The van der Waals surface area contributed by atoms with Crippen molar-refractivity contribution < 1.29 is 9.59 Å². The average molecular weight is 316 g/mol.